The fraction of sp³-hybridized carbons (Fsp3) is 0.0714. The average molecular weight is 369 g/mol. The smallest absolute Gasteiger partial charge is 0.412 e. The zero-order valence-corrected chi connectivity index (χ0v) is 12.1. The maximum Gasteiger partial charge on any atom is 0.412 e. The second kappa shape index (κ2) is 6.42. The molecule has 0 aromatic heterocycles. The Labute approximate surface area is 124 Å². The monoisotopic (exact) mass is 369 g/mol. The second-order valence-corrected chi connectivity index (χ2v) is 5.09. The van der Waals surface area contributed by atoms with E-state index in [1.54, 1.807) is 18.2 Å². The van der Waals surface area contributed by atoms with Gasteiger partial charge in [0.2, 0.25) is 0 Å². The molecule has 0 aliphatic carbocycles. The highest BCUT2D eigenvalue weighted by atomic mass is 127. The van der Waals surface area contributed by atoms with Crippen LogP contribution in [0.4, 0.5) is 10.5 Å². The van der Waals surface area contributed by atoms with E-state index in [1.165, 1.54) is 0 Å². The third-order valence-corrected chi connectivity index (χ3v) is 3.08. The highest BCUT2D eigenvalue weighted by Crippen LogP contribution is 2.25. The van der Waals surface area contributed by atoms with Gasteiger partial charge < -0.3 is 9.84 Å². The number of anilines is 1. The van der Waals surface area contributed by atoms with Crippen LogP contribution in [-0.2, 0) is 11.3 Å². The average Bonchev–Trinajstić information content (AvgIpc) is 2.41. The molecule has 0 spiro atoms. The second-order valence-electron chi connectivity index (χ2n) is 3.85. The zero-order valence-electron chi connectivity index (χ0n) is 9.97. The lowest BCUT2D eigenvalue weighted by Gasteiger charge is -2.08. The Morgan fingerprint density at radius 2 is 1.95 bits per heavy atom. The van der Waals surface area contributed by atoms with E-state index in [0.29, 0.717) is 5.69 Å². The van der Waals surface area contributed by atoms with Gasteiger partial charge in [0, 0.05) is 3.57 Å². The molecule has 4 nitrogen and oxygen atoms in total. The summed E-state index contributed by atoms with van der Waals surface area (Å²) >= 11 is 2.08. The van der Waals surface area contributed by atoms with Gasteiger partial charge in [0.1, 0.15) is 12.4 Å². The number of hydrogen-bond donors (Lipinski definition) is 2. The number of rotatable bonds is 3. The van der Waals surface area contributed by atoms with Gasteiger partial charge >= 0.3 is 6.09 Å². The molecule has 0 fully saturated rings. The number of phenolic OH excluding ortho intramolecular Hbond substituents is 1. The summed E-state index contributed by atoms with van der Waals surface area (Å²) in [6.45, 7) is 0.192. The van der Waals surface area contributed by atoms with Crippen molar-refractivity contribution in [3.05, 3.63) is 57.7 Å². The van der Waals surface area contributed by atoms with E-state index in [0.717, 1.165) is 9.13 Å². The number of carbonyl (C=O) groups is 1. The molecule has 19 heavy (non-hydrogen) atoms. The molecule has 0 bridgehead atoms. The third kappa shape index (κ3) is 4.13. The zero-order chi connectivity index (χ0) is 13.7. The fourth-order valence-corrected chi connectivity index (χ4v) is 1.95. The van der Waals surface area contributed by atoms with Crippen molar-refractivity contribution in [3.8, 4) is 5.75 Å². The fourth-order valence-electron chi connectivity index (χ4n) is 1.48. The first kappa shape index (κ1) is 13.7. The number of nitrogens with one attached hydrogen (secondary N) is 1. The maximum absolute atomic E-state index is 11.6. The molecule has 0 aliphatic heterocycles. The number of carbonyl (C=O) groups excluding carboxylic acids is 1. The lowest BCUT2D eigenvalue weighted by molar-refractivity contribution is 0.155. The van der Waals surface area contributed by atoms with Crippen LogP contribution in [0.5, 0.6) is 5.75 Å². The lowest BCUT2D eigenvalue weighted by Crippen LogP contribution is -2.13. The van der Waals surface area contributed by atoms with Crippen LogP contribution in [0.25, 0.3) is 0 Å². The van der Waals surface area contributed by atoms with Crippen LogP contribution in [0.15, 0.2) is 48.5 Å². The predicted octanol–water partition coefficient (Wildman–Crippen LogP) is 3.75. The molecular formula is C14H12INO3. The summed E-state index contributed by atoms with van der Waals surface area (Å²) in [5, 5.41) is 12.1. The lowest BCUT2D eigenvalue weighted by atomic mass is 10.2. The molecule has 0 saturated carbocycles. The molecule has 0 atom stereocenters. The Morgan fingerprint density at radius 3 is 2.63 bits per heavy atom. The van der Waals surface area contributed by atoms with Gasteiger partial charge in [0.15, 0.2) is 0 Å². The number of hydrogen-bond acceptors (Lipinski definition) is 3. The van der Waals surface area contributed by atoms with E-state index >= 15 is 0 Å². The van der Waals surface area contributed by atoms with Crippen LogP contribution in [0, 0.1) is 3.57 Å². The van der Waals surface area contributed by atoms with Crippen LogP contribution in [0.3, 0.4) is 0 Å². The molecule has 0 unspecified atom stereocenters. The van der Waals surface area contributed by atoms with Gasteiger partial charge in [-0.25, -0.2) is 4.79 Å². The minimum atomic E-state index is -0.597. The summed E-state index contributed by atoms with van der Waals surface area (Å²) < 4.78 is 5.94. The van der Waals surface area contributed by atoms with Gasteiger partial charge in [-0.05, 0) is 46.4 Å². The molecule has 5 heteroatoms. The number of halogens is 1. The van der Waals surface area contributed by atoms with Crippen LogP contribution < -0.4 is 5.32 Å². The van der Waals surface area contributed by atoms with E-state index in [1.807, 2.05) is 30.3 Å². The van der Waals surface area contributed by atoms with Crippen molar-refractivity contribution < 1.29 is 14.6 Å². The maximum atomic E-state index is 11.6. The molecule has 0 aliphatic rings. The van der Waals surface area contributed by atoms with Crippen LogP contribution in [0.2, 0.25) is 0 Å². The molecule has 0 radical (unpaired) electrons. The van der Waals surface area contributed by atoms with Crippen molar-refractivity contribution >= 4 is 34.4 Å². The predicted molar refractivity (Wildman–Crippen MR) is 81.1 cm³/mol. The van der Waals surface area contributed by atoms with E-state index < -0.39 is 6.09 Å². The molecule has 0 heterocycles. The largest absolute Gasteiger partial charge is 0.506 e. The molecule has 0 saturated heterocycles. The molecule has 2 rings (SSSR count). The van der Waals surface area contributed by atoms with Crippen molar-refractivity contribution in [2.45, 2.75) is 6.61 Å². The van der Waals surface area contributed by atoms with E-state index in [-0.39, 0.29) is 12.4 Å². The number of amides is 1. The minimum absolute atomic E-state index is 0.0172. The van der Waals surface area contributed by atoms with Crippen molar-refractivity contribution in [3.63, 3.8) is 0 Å². The van der Waals surface area contributed by atoms with Crippen LogP contribution >= 0.6 is 22.6 Å². The van der Waals surface area contributed by atoms with Gasteiger partial charge in [-0.1, -0.05) is 30.3 Å². The SMILES string of the molecule is O=C(Nc1ccc(I)cc1O)OCc1ccccc1. The molecule has 2 N–H and O–H groups in total. The van der Waals surface area contributed by atoms with Gasteiger partial charge in [-0.2, -0.15) is 0 Å². The molecule has 2 aromatic carbocycles. The number of phenols is 1. The Kier molecular flexibility index (Phi) is 4.62. The Morgan fingerprint density at radius 1 is 1.21 bits per heavy atom. The van der Waals surface area contributed by atoms with Crippen molar-refractivity contribution in [1.29, 1.82) is 0 Å². The van der Waals surface area contributed by atoms with E-state index in [9.17, 15) is 9.90 Å². The number of ether oxygens (including phenoxy) is 1. The molecule has 2 aromatic rings. The quantitative estimate of drug-likeness (QED) is 0.640. The van der Waals surface area contributed by atoms with Gasteiger partial charge in [0.25, 0.3) is 0 Å². The highest BCUT2D eigenvalue weighted by Gasteiger charge is 2.07. The van der Waals surface area contributed by atoms with E-state index in [2.05, 4.69) is 27.9 Å². The molecule has 1 amide bonds. The normalized spacial score (nSPS) is 9.95. The molecular weight excluding hydrogens is 357 g/mol. The number of benzene rings is 2. The summed E-state index contributed by atoms with van der Waals surface area (Å²) in [5.74, 6) is 0.0172. The van der Waals surface area contributed by atoms with Crippen LogP contribution in [-0.4, -0.2) is 11.2 Å². The minimum Gasteiger partial charge on any atom is -0.506 e. The van der Waals surface area contributed by atoms with Crippen LogP contribution in [0.1, 0.15) is 5.56 Å². The summed E-state index contributed by atoms with van der Waals surface area (Å²) in [7, 11) is 0. The summed E-state index contributed by atoms with van der Waals surface area (Å²) in [6.07, 6.45) is -0.597. The van der Waals surface area contributed by atoms with Gasteiger partial charge in [0.05, 0.1) is 5.69 Å². The standard InChI is InChI=1S/C14H12INO3/c15-11-6-7-12(13(17)8-11)16-14(18)19-9-10-4-2-1-3-5-10/h1-8,17H,9H2,(H,16,18). The Balaban J connectivity index is 1.91. The highest BCUT2D eigenvalue weighted by molar-refractivity contribution is 14.1. The Bertz CT molecular complexity index is 572. The first-order valence-corrected chi connectivity index (χ1v) is 6.69. The molecule has 98 valence electrons. The van der Waals surface area contributed by atoms with Crippen molar-refractivity contribution in [1.82, 2.24) is 0 Å². The van der Waals surface area contributed by atoms with Crippen molar-refractivity contribution in [2.75, 3.05) is 5.32 Å². The number of aromatic hydroxyl groups is 1. The summed E-state index contributed by atoms with van der Waals surface area (Å²) in [5.41, 5.74) is 1.24. The van der Waals surface area contributed by atoms with Crippen molar-refractivity contribution in [2.24, 2.45) is 0 Å². The first-order valence-electron chi connectivity index (χ1n) is 5.61. The first-order chi connectivity index (χ1) is 9.15. The van der Waals surface area contributed by atoms with Gasteiger partial charge in [-0.15, -0.1) is 0 Å². The summed E-state index contributed by atoms with van der Waals surface area (Å²) in [6, 6.07) is 14.4. The van der Waals surface area contributed by atoms with Gasteiger partial charge in [-0.3, -0.25) is 5.32 Å². The summed E-state index contributed by atoms with van der Waals surface area (Å²) in [4.78, 5) is 11.6. The topological polar surface area (TPSA) is 58.6 Å². The third-order valence-electron chi connectivity index (χ3n) is 2.41. The Hall–Kier alpha value is -1.76. The van der Waals surface area contributed by atoms with E-state index in [4.69, 9.17) is 4.74 Å².